The summed E-state index contributed by atoms with van der Waals surface area (Å²) >= 11 is 0. The van der Waals surface area contributed by atoms with E-state index in [0.29, 0.717) is 11.6 Å². The zero-order valence-corrected chi connectivity index (χ0v) is 17.8. The summed E-state index contributed by atoms with van der Waals surface area (Å²) in [6, 6.07) is 14.2. The van der Waals surface area contributed by atoms with Gasteiger partial charge in [-0.25, -0.2) is 8.42 Å². The van der Waals surface area contributed by atoms with E-state index in [9.17, 15) is 13.2 Å². The Labute approximate surface area is 173 Å². The van der Waals surface area contributed by atoms with Crippen LogP contribution in [0.4, 0.5) is 5.69 Å². The van der Waals surface area contributed by atoms with Crippen LogP contribution in [0.15, 0.2) is 53.4 Å². The largest absolute Gasteiger partial charge is 0.352 e. The Morgan fingerprint density at radius 3 is 2.14 bits per heavy atom. The fraction of sp³-hybridized carbons (Fsp3) is 0.435. The first-order chi connectivity index (χ1) is 13.8. The molecule has 3 atom stereocenters. The van der Waals surface area contributed by atoms with Gasteiger partial charge in [0.25, 0.3) is 10.0 Å². The summed E-state index contributed by atoms with van der Waals surface area (Å²) in [5.41, 5.74) is 2.52. The van der Waals surface area contributed by atoms with E-state index >= 15 is 0 Å². The highest BCUT2D eigenvalue weighted by molar-refractivity contribution is 7.92. The monoisotopic (exact) mass is 412 g/mol. The molecule has 1 N–H and O–H groups in total. The van der Waals surface area contributed by atoms with Crippen molar-refractivity contribution in [3.8, 4) is 0 Å². The van der Waals surface area contributed by atoms with Gasteiger partial charge in [0.05, 0.1) is 10.6 Å². The predicted molar refractivity (Wildman–Crippen MR) is 114 cm³/mol. The molecule has 154 valence electrons. The Balaban J connectivity index is 1.59. The fourth-order valence-corrected chi connectivity index (χ4v) is 6.09. The van der Waals surface area contributed by atoms with E-state index in [0.717, 1.165) is 23.5 Å². The van der Waals surface area contributed by atoms with Crippen LogP contribution in [0.3, 0.4) is 0 Å². The van der Waals surface area contributed by atoms with Crippen molar-refractivity contribution < 1.29 is 13.2 Å². The molecule has 0 heterocycles. The van der Waals surface area contributed by atoms with Crippen molar-refractivity contribution in [3.63, 3.8) is 0 Å². The lowest BCUT2D eigenvalue weighted by Crippen LogP contribution is -2.46. The lowest BCUT2D eigenvalue weighted by Gasteiger charge is -2.27. The first-order valence-electron chi connectivity index (χ1n) is 10.3. The molecule has 6 heteroatoms. The van der Waals surface area contributed by atoms with E-state index in [-0.39, 0.29) is 23.4 Å². The highest BCUT2D eigenvalue weighted by Gasteiger charge is 2.40. The van der Waals surface area contributed by atoms with Crippen LogP contribution < -0.4 is 9.62 Å². The number of amides is 1. The average Bonchev–Trinajstić information content (AvgIpc) is 3.30. The van der Waals surface area contributed by atoms with Crippen LogP contribution in [0.5, 0.6) is 0 Å². The number of fused-ring (bicyclic) bond motifs is 2. The van der Waals surface area contributed by atoms with Crippen molar-refractivity contribution in [3.05, 3.63) is 59.7 Å². The van der Waals surface area contributed by atoms with Gasteiger partial charge in [0.15, 0.2) is 0 Å². The molecule has 2 aliphatic carbocycles. The summed E-state index contributed by atoms with van der Waals surface area (Å²) in [5.74, 6) is 1.03. The number of carbonyl (C=O) groups is 1. The Morgan fingerprint density at radius 1 is 0.966 bits per heavy atom. The fourth-order valence-electron chi connectivity index (χ4n) is 4.67. The Kier molecular flexibility index (Phi) is 5.38. The van der Waals surface area contributed by atoms with Gasteiger partial charge < -0.3 is 5.32 Å². The molecule has 29 heavy (non-hydrogen) atoms. The van der Waals surface area contributed by atoms with Gasteiger partial charge in [0.1, 0.15) is 6.54 Å². The molecule has 5 nitrogen and oxygen atoms in total. The molecule has 2 aromatic rings. The third-order valence-electron chi connectivity index (χ3n) is 6.30. The van der Waals surface area contributed by atoms with Crippen LogP contribution in [0.2, 0.25) is 0 Å². The minimum absolute atomic E-state index is 0.184. The van der Waals surface area contributed by atoms with Crippen molar-refractivity contribution in [1.82, 2.24) is 5.32 Å². The molecular weight excluding hydrogens is 384 g/mol. The summed E-state index contributed by atoms with van der Waals surface area (Å²) in [4.78, 5) is 13.0. The summed E-state index contributed by atoms with van der Waals surface area (Å²) in [6.07, 6.45) is 4.63. The quantitative estimate of drug-likeness (QED) is 0.785. The van der Waals surface area contributed by atoms with Gasteiger partial charge in [0.2, 0.25) is 5.91 Å². The van der Waals surface area contributed by atoms with Crippen molar-refractivity contribution >= 4 is 21.6 Å². The van der Waals surface area contributed by atoms with Crippen molar-refractivity contribution in [2.75, 3.05) is 10.8 Å². The van der Waals surface area contributed by atoms with Gasteiger partial charge in [-0.3, -0.25) is 9.10 Å². The number of sulfonamides is 1. The van der Waals surface area contributed by atoms with Gasteiger partial charge in [-0.15, -0.1) is 0 Å². The zero-order valence-electron chi connectivity index (χ0n) is 17.0. The number of hydrogen-bond acceptors (Lipinski definition) is 3. The molecule has 2 fully saturated rings. The normalized spacial score (nSPS) is 23.2. The topological polar surface area (TPSA) is 66.5 Å². The molecular formula is C23H28N2O3S. The Bertz CT molecular complexity index is 984. The lowest BCUT2D eigenvalue weighted by atomic mass is 9.95. The van der Waals surface area contributed by atoms with Crippen LogP contribution in [0.1, 0.15) is 36.8 Å². The van der Waals surface area contributed by atoms with E-state index in [4.69, 9.17) is 0 Å². The number of aryl methyl sites for hydroxylation is 2. The number of rotatable bonds is 6. The maximum atomic E-state index is 13.4. The second-order valence-electron chi connectivity index (χ2n) is 8.51. The highest BCUT2D eigenvalue weighted by atomic mass is 32.2. The summed E-state index contributed by atoms with van der Waals surface area (Å²) < 4.78 is 28.0. The standard InChI is InChI=1S/C23H28N2O3S/c1-16-3-9-20(10-4-16)25(29(27,28)21-11-5-17(2)6-12-21)15-23(26)24-22-14-18-7-8-19(22)13-18/h3-6,9-12,18-19,22H,7-8,13-15H2,1-2H3,(H,24,26)/t18-,19-,22-/m1/s1. The highest BCUT2D eigenvalue weighted by Crippen LogP contribution is 2.44. The first kappa shape index (κ1) is 20.0. The molecule has 4 rings (SSSR count). The second-order valence-corrected chi connectivity index (χ2v) is 10.4. The van der Waals surface area contributed by atoms with Gasteiger partial charge in [0, 0.05) is 6.04 Å². The summed E-state index contributed by atoms with van der Waals surface area (Å²) in [5, 5.41) is 3.11. The van der Waals surface area contributed by atoms with E-state index < -0.39 is 10.0 Å². The summed E-state index contributed by atoms with van der Waals surface area (Å²) in [6.45, 7) is 3.65. The maximum absolute atomic E-state index is 13.4. The van der Waals surface area contributed by atoms with E-state index in [1.807, 2.05) is 26.0 Å². The number of anilines is 1. The molecule has 0 unspecified atom stereocenters. The van der Waals surface area contributed by atoms with Gasteiger partial charge in [-0.1, -0.05) is 41.8 Å². The van der Waals surface area contributed by atoms with E-state index in [1.165, 1.54) is 23.6 Å². The number of hydrogen-bond donors (Lipinski definition) is 1. The molecule has 1 amide bonds. The number of nitrogens with zero attached hydrogens (tertiary/aromatic N) is 1. The first-order valence-corrected chi connectivity index (χ1v) is 11.7. The van der Waals surface area contributed by atoms with Gasteiger partial charge in [-0.05, 0) is 69.2 Å². The predicted octanol–water partition coefficient (Wildman–Crippen LogP) is 3.80. The SMILES string of the molecule is Cc1ccc(N(CC(=O)N[C@@H]2C[C@@H]3CC[C@@H]2C3)S(=O)(=O)c2ccc(C)cc2)cc1. The molecule has 0 aromatic heterocycles. The molecule has 0 spiro atoms. The van der Waals surface area contributed by atoms with E-state index in [2.05, 4.69) is 5.32 Å². The van der Waals surface area contributed by atoms with Crippen molar-refractivity contribution in [2.24, 2.45) is 11.8 Å². The summed E-state index contributed by atoms with van der Waals surface area (Å²) in [7, 11) is -3.85. The third-order valence-corrected chi connectivity index (χ3v) is 8.09. The van der Waals surface area contributed by atoms with Crippen LogP contribution >= 0.6 is 0 Å². The molecule has 0 aliphatic heterocycles. The van der Waals surface area contributed by atoms with Crippen LogP contribution in [-0.4, -0.2) is 26.9 Å². The zero-order chi connectivity index (χ0) is 20.6. The molecule has 2 aromatic carbocycles. The van der Waals surface area contributed by atoms with E-state index in [1.54, 1.807) is 36.4 Å². The van der Waals surface area contributed by atoms with Crippen LogP contribution in [0, 0.1) is 25.7 Å². The van der Waals surface area contributed by atoms with Crippen LogP contribution in [-0.2, 0) is 14.8 Å². The van der Waals surface area contributed by atoms with Crippen molar-refractivity contribution in [1.29, 1.82) is 0 Å². The maximum Gasteiger partial charge on any atom is 0.264 e. The molecule has 0 radical (unpaired) electrons. The minimum Gasteiger partial charge on any atom is -0.352 e. The van der Waals surface area contributed by atoms with Crippen LogP contribution in [0.25, 0.3) is 0 Å². The lowest BCUT2D eigenvalue weighted by molar-refractivity contribution is -0.120. The van der Waals surface area contributed by atoms with Gasteiger partial charge >= 0.3 is 0 Å². The Morgan fingerprint density at radius 2 is 1.59 bits per heavy atom. The third kappa shape index (κ3) is 4.17. The number of carbonyl (C=O) groups excluding carboxylic acids is 1. The second kappa shape index (κ2) is 7.82. The molecule has 2 saturated carbocycles. The molecule has 0 saturated heterocycles. The average molecular weight is 413 g/mol. The molecule has 2 aliphatic rings. The molecule has 2 bridgehead atoms. The number of benzene rings is 2. The van der Waals surface area contributed by atoms with Crippen molar-refractivity contribution in [2.45, 2.75) is 50.5 Å². The smallest absolute Gasteiger partial charge is 0.264 e. The number of nitrogens with one attached hydrogen (secondary N) is 1. The minimum atomic E-state index is -3.85. The Hall–Kier alpha value is -2.34. The van der Waals surface area contributed by atoms with Gasteiger partial charge in [-0.2, -0.15) is 0 Å².